The van der Waals surface area contributed by atoms with Crippen LogP contribution in [0.15, 0.2) is 53.3 Å². The molecule has 0 saturated heterocycles. The van der Waals surface area contributed by atoms with Gasteiger partial charge in [0.05, 0.1) is 6.54 Å². The van der Waals surface area contributed by atoms with Crippen LogP contribution in [0.1, 0.15) is 51.4 Å². The number of rotatable bonds is 8. The largest absolute Gasteiger partial charge is 0.346 e. The van der Waals surface area contributed by atoms with Gasteiger partial charge in [-0.25, -0.2) is 14.6 Å². The van der Waals surface area contributed by atoms with Crippen LogP contribution in [0.4, 0.5) is 0 Å². The van der Waals surface area contributed by atoms with E-state index in [1.165, 1.54) is 0 Å². The van der Waals surface area contributed by atoms with Gasteiger partial charge in [0.15, 0.2) is 5.82 Å². The van der Waals surface area contributed by atoms with Crippen LogP contribution in [0.5, 0.6) is 0 Å². The third-order valence-corrected chi connectivity index (χ3v) is 5.68. The van der Waals surface area contributed by atoms with Crippen molar-refractivity contribution >= 4 is 0 Å². The molecule has 8 heteroatoms. The average Bonchev–Trinajstić information content (AvgIpc) is 3.43. The molecule has 1 unspecified atom stereocenters. The maximum Gasteiger partial charge on any atom is 0.346 e. The SMILES string of the molecule is CCC(C)c1nn(CC(C)C)c(=O)n1Cc1ccc(-c2ccccc2-c2nnn[nH]2)cc1. The molecule has 0 aliphatic carbocycles. The van der Waals surface area contributed by atoms with Gasteiger partial charge >= 0.3 is 5.69 Å². The van der Waals surface area contributed by atoms with Crippen molar-refractivity contribution in [3.05, 3.63) is 70.4 Å². The highest BCUT2D eigenvalue weighted by Gasteiger charge is 2.19. The lowest BCUT2D eigenvalue weighted by Crippen LogP contribution is -2.27. The van der Waals surface area contributed by atoms with Gasteiger partial charge in [0.1, 0.15) is 5.82 Å². The van der Waals surface area contributed by atoms with E-state index in [1.807, 2.05) is 28.8 Å². The van der Waals surface area contributed by atoms with Gasteiger partial charge in [-0.05, 0) is 39.5 Å². The summed E-state index contributed by atoms with van der Waals surface area (Å²) in [5, 5.41) is 18.9. The lowest BCUT2D eigenvalue weighted by atomic mass is 9.98. The second kappa shape index (κ2) is 9.30. The second-order valence-electron chi connectivity index (χ2n) is 8.60. The fraction of sp³-hybridized carbons (Fsp3) is 0.375. The van der Waals surface area contributed by atoms with Crippen LogP contribution < -0.4 is 5.69 Å². The number of hydrogen-bond acceptors (Lipinski definition) is 5. The Kier molecular flexibility index (Phi) is 6.30. The van der Waals surface area contributed by atoms with Crippen molar-refractivity contribution < 1.29 is 0 Å². The Morgan fingerprint density at radius 3 is 2.34 bits per heavy atom. The molecule has 8 nitrogen and oxygen atoms in total. The average molecular weight is 432 g/mol. The molecule has 32 heavy (non-hydrogen) atoms. The number of tetrazole rings is 1. The van der Waals surface area contributed by atoms with Crippen LogP contribution in [0.25, 0.3) is 22.5 Å². The predicted molar refractivity (Wildman–Crippen MR) is 124 cm³/mol. The van der Waals surface area contributed by atoms with Gasteiger partial charge in [-0.3, -0.25) is 4.57 Å². The molecule has 0 aliphatic rings. The quantitative estimate of drug-likeness (QED) is 0.453. The highest BCUT2D eigenvalue weighted by atomic mass is 16.2. The third-order valence-electron chi connectivity index (χ3n) is 5.68. The van der Waals surface area contributed by atoms with Gasteiger partial charge in [-0.15, -0.1) is 5.10 Å². The Morgan fingerprint density at radius 1 is 1.00 bits per heavy atom. The van der Waals surface area contributed by atoms with Crippen molar-refractivity contribution in [2.45, 2.75) is 53.1 Å². The van der Waals surface area contributed by atoms with Crippen LogP contribution in [0, 0.1) is 5.92 Å². The van der Waals surface area contributed by atoms with E-state index in [2.05, 4.69) is 77.7 Å². The molecule has 0 radical (unpaired) electrons. The van der Waals surface area contributed by atoms with Crippen molar-refractivity contribution in [2.24, 2.45) is 5.92 Å². The lowest BCUT2D eigenvalue weighted by Gasteiger charge is -2.11. The van der Waals surface area contributed by atoms with Crippen molar-refractivity contribution in [1.29, 1.82) is 0 Å². The minimum atomic E-state index is -0.0405. The monoisotopic (exact) mass is 431 g/mol. The zero-order valence-corrected chi connectivity index (χ0v) is 19.0. The molecule has 4 aromatic rings. The summed E-state index contributed by atoms with van der Waals surface area (Å²) in [7, 11) is 0. The number of aromatic nitrogens is 7. The van der Waals surface area contributed by atoms with Crippen molar-refractivity contribution in [1.82, 2.24) is 35.0 Å². The summed E-state index contributed by atoms with van der Waals surface area (Å²) in [5.74, 6) is 2.06. The molecular weight excluding hydrogens is 402 g/mol. The van der Waals surface area contributed by atoms with Crippen LogP contribution in [-0.4, -0.2) is 35.0 Å². The van der Waals surface area contributed by atoms with E-state index in [1.54, 1.807) is 4.68 Å². The van der Waals surface area contributed by atoms with Gasteiger partial charge in [0.25, 0.3) is 0 Å². The predicted octanol–water partition coefficient (Wildman–Crippen LogP) is 4.11. The van der Waals surface area contributed by atoms with E-state index >= 15 is 0 Å². The summed E-state index contributed by atoms with van der Waals surface area (Å²) in [5.41, 5.74) is 4.06. The number of aromatic amines is 1. The minimum absolute atomic E-state index is 0.0405. The fourth-order valence-corrected chi connectivity index (χ4v) is 3.81. The fourth-order valence-electron chi connectivity index (χ4n) is 3.81. The Labute approximate surface area is 187 Å². The Morgan fingerprint density at radius 2 is 1.72 bits per heavy atom. The number of hydrogen-bond donors (Lipinski definition) is 1. The number of H-pyrrole nitrogens is 1. The van der Waals surface area contributed by atoms with E-state index < -0.39 is 0 Å². The first-order valence-corrected chi connectivity index (χ1v) is 11.1. The van der Waals surface area contributed by atoms with E-state index in [-0.39, 0.29) is 11.6 Å². The molecule has 2 heterocycles. The van der Waals surface area contributed by atoms with Crippen LogP contribution >= 0.6 is 0 Å². The molecular formula is C24H29N7O. The smallest absolute Gasteiger partial charge is 0.274 e. The normalized spacial score (nSPS) is 12.4. The maximum absolute atomic E-state index is 13.1. The number of nitrogens with one attached hydrogen (secondary N) is 1. The van der Waals surface area contributed by atoms with E-state index in [0.29, 0.717) is 24.8 Å². The number of nitrogens with zero attached hydrogens (tertiary/aromatic N) is 6. The summed E-state index contributed by atoms with van der Waals surface area (Å²) < 4.78 is 3.43. The minimum Gasteiger partial charge on any atom is -0.274 e. The molecule has 166 valence electrons. The molecule has 0 saturated carbocycles. The first-order chi connectivity index (χ1) is 15.5. The number of benzene rings is 2. The molecule has 0 bridgehead atoms. The standard InChI is InChI=1S/C24H29N7O/c1-5-17(4)23-27-31(14-16(2)3)24(32)30(23)15-18-10-12-19(13-11-18)20-8-6-7-9-21(20)22-25-28-29-26-22/h6-13,16-17H,5,14-15H2,1-4H3,(H,25,26,28,29). The molecule has 4 rings (SSSR count). The second-order valence-corrected chi connectivity index (χ2v) is 8.60. The highest BCUT2D eigenvalue weighted by Crippen LogP contribution is 2.30. The Hall–Kier alpha value is -3.55. The van der Waals surface area contributed by atoms with Gasteiger partial charge in [-0.1, -0.05) is 76.2 Å². The van der Waals surface area contributed by atoms with Crippen molar-refractivity contribution in [3.8, 4) is 22.5 Å². The van der Waals surface area contributed by atoms with Crippen LogP contribution in [-0.2, 0) is 13.1 Å². The van der Waals surface area contributed by atoms with E-state index in [4.69, 9.17) is 0 Å². The molecule has 0 amide bonds. The highest BCUT2D eigenvalue weighted by molar-refractivity contribution is 5.80. The zero-order chi connectivity index (χ0) is 22.7. The third kappa shape index (κ3) is 4.39. The summed E-state index contributed by atoms with van der Waals surface area (Å²) in [6, 6.07) is 16.3. The molecule has 0 aliphatic heterocycles. The van der Waals surface area contributed by atoms with Gasteiger partial charge in [-0.2, -0.15) is 5.10 Å². The molecule has 2 aromatic heterocycles. The van der Waals surface area contributed by atoms with Gasteiger partial charge < -0.3 is 0 Å². The van der Waals surface area contributed by atoms with Crippen molar-refractivity contribution in [2.75, 3.05) is 0 Å². The van der Waals surface area contributed by atoms with Crippen molar-refractivity contribution in [3.63, 3.8) is 0 Å². The van der Waals surface area contributed by atoms with Gasteiger partial charge in [0, 0.05) is 18.0 Å². The molecule has 2 aromatic carbocycles. The molecule has 0 fully saturated rings. The summed E-state index contributed by atoms with van der Waals surface area (Å²) >= 11 is 0. The summed E-state index contributed by atoms with van der Waals surface area (Å²) in [6.07, 6.45) is 0.935. The van der Waals surface area contributed by atoms with E-state index in [9.17, 15) is 4.79 Å². The molecule has 0 spiro atoms. The first-order valence-electron chi connectivity index (χ1n) is 11.1. The lowest BCUT2D eigenvalue weighted by molar-refractivity contribution is 0.464. The summed E-state index contributed by atoms with van der Waals surface area (Å²) in [4.78, 5) is 13.1. The Balaban J connectivity index is 1.65. The van der Waals surface area contributed by atoms with E-state index in [0.717, 1.165) is 34.5 Å². The topological polar surface area (TPSA) is 94.3 Å². The molecule has 1 N–H and O–H groups in total. The maximum atomic E-state index is 13.1. The Bertz CT molecular complexity index is 1220. The van der Waals surface area contributed by atoms with Gasteiger partial charge in [0.2, 0.25) is 0 Å². The first kappa shape index (κ1) is 21.7. The van der Waals surface area contributed by atoms with Crippen LogP contribution in [0.2, 0.25) is 0 Å². The zero-order valence-electron chi connectivity index (χ0n) is 19.0. The molecule has 1 atom stereocenters. The summed E-state index contributed by atoms with van der Waals surface area (Å²) in [6.45, 7) is 9.57. The van der Waals surface area contributed by atoms with Crippen LogP contribution in [0.3, 0.4) is 0 Å².